The molecule has 3 aromatic carbocycles. The van der Waals surface area contributed by atoms with Gasteiger partial charge in [0.15, 0.2) is 0 Å². The highest BCUT2D eigenvalue weighted by Crippen LogP contribution is 2.33. The van der Waals surface area contributed by atoms with Crippen molar-refractivity contribution >= 4 is 11.7 Å². The third-order valence-electron chi connectivity index (χ3n) is 6.15. The van der Waals surface area contributed by atoms with Crippen LogP contribution in [-0.2, 0) is 6.61 Å². The van der Waals surface area contributed by atoms with E-state index in [0.29, 0.717) is 18.0 Å². The Hall–Kier alpha value is -3.31. The molecular weight excluding hydrogens is 434 g/mol. The molecule has 0 radical (unpaired) electrons. The monoisotopic (exact) mass is 473 g/mol. The number of anilines is 1. The normalized spacial score (nSPS) is 12.5. The largest absolute Gasteiger partial charge is 0.487 e. The molecule has 5 nitrogen and oxygen atoms in total. The summed E-state index contributed by atoms with van der Waals surface area (Å²) in [5, 5.41) is 9.53. The van der Waals surface area contributed by atoms with E-state index in [0.717, 1.165) is 43.2 Å². The molecule has 35 heavy (non-hydrogen) atoms. The van der Waals surface area contributed by atoms with E-state index in [2.05, 4.69) is 72.3 Å². The summed E-state index contributed by atoms with van der Waals surface area (Å²) in [5.74, 6) is 0.656. The van der Waals surface area contributed by atoms with E-state index in [9.17, 15) is 4.79 Å². The van der Waals surface area contributed by atoms with Crippen molar-refractivity contribution < 1.29 is 9.53 Å². The first-order valence-electron chi connectivity index (χ1n) is 12.7. The molecule has 0 aliphatic carbocycles. The Bertz CT molecular complexity index is 1020. The van der Waals surface area contributed by atoms with Gasteiger partial charge in [0.25, 0.3) is 0 Å². The summed E-state index contributed by atoms with van der Waals surface area (Å²) < 4.78 is 6.11. The molecule has 0 aliphatic rings. The highest BCUT2D eigenvalue weighted by atomic mass is 16.5. The minimum absolute atomic E-state index is 0.167. The quantitative estimate of drug-likeness (QED) is 0.243. The first kappa shape index (κ1) is 26.3. The van der Waals surface area contributed by atoms with Crippen LogP contribution in [0.3, 0.4) is 0 Å². The Morgan fingerprint density at radius 1 is 0.829 bits per heavy atom. The van der Waals surface area contributed by atoms with Crippen molar-refractivity contribution in [3.8, 4) is 5.75 Å². The van der Waals surface area contributed by atoms with Crippen LogP contribution in [-0.4, -0.2) is 13.1 Å². The molecule has 3 aromatic rings. The maximum atomic E-state index is 12.2. The molecule has 3 N–H and O–H groups in total. The highest BCUT2D eigenvalue weighted by molar-refractivity contribution is 5.90. The van der Waals surface area contributed by atoms with Gasteiger partial charge in [-0.05, 0) is 41.7 Å². The third kappa shape index (κ3) is 8.15. The minimum atomic E-state index is -0.266. The number of ether oxygens (including phenoxy) is 1. The Morgan fingerprint density at radius 3 is 2.17 bits per heavy atom. The average molecular weight is 474 g/mol. The zero-order chi connectivity index (χ0) is 24.9. The fraction of sp³-hybridized carbons (Fsp3) is 0.367. The van der Waals surface area contributed by atoms with Gasteiger partial charge in [-0.2, -0.15) is 0 Å². The van der Waals surface area contributed by atoms with Crippen molar-refractivity contribution in [2.45, 2.75) is 64.6 Å². The second kappa shape index (κ2) is 14.2. The van der Waals surface area contributed by atoms with E-state index >= 15 is 0 Å². The number of hydrogen-bond acceptors (Lipinski definition) is 3. The molecule has 0 fully saturated rings. The lowest BCUT2D eigenvalue weighted by atomic mass is 9.95. The summed E-state index contributed by atoms with van der Waals surface area (Å²) in [7, 11) is 1.62. The summed E-state index contributed by atoms with van der Waals surface area (Å²) in [6, 6.07) is 27.0. The fourth-order valence-corrected chi connectivity index (χ4v) is 4.23. The molecule has 186 valence electrons. The van der Waals surface area contributed by atoms with Crippen LogP contribution in [0.5, 0.6) is 5.75 Å². The number of urea groups is 1. The van der Waals surface area contributed by atoms with Crippen molar-refractivity contribution in [2.24, 2.45) is 0 Å². The van der Waals surface area contributed by atoms with Crippen LogP contribution < -0.4 is 20.7 Å². The van der Waals surface area contributed by atoms with Gasteiger partial charge in [0.05, 0.1) is 5.69 Å². The lowest BCUT2D eigenvalue weighted by Crippen LogP contribution is -2.27. The smallest absolute Gasteiger partial charge is 0.319 e. The highest BCUT2D eigenvalue weighted by Gasteiger charge is 2.20. The molecule has 2 amide bonds. The van der Waals surface area contributed by atoms with E-state index < -0.39 is 0 Å². The predicted octanol–water partition coefficient (Wildman–Crippen LogP) is 7.38. The lowest BCUT2D eigenvalue weighted by molar-refractivity contribution is 0.253. The van der Waals surface area contributed by atoms with Gasteiger partial charge in [-0.15, -0.1) is 0 Å². The lowest BCUT2D eigenvalue weighted by Gasteiger charge is -2.27. The van der Waals surface area contributed by atoms with E-state index in [-0.39, 0.29) is 18.1 Å². The number of amides is 2. The van der Waals surface area contributed by atoms with Gasteiger partial charge in [0, 0.05) is 19.1 Å². The Balaban J connectivity index is 1.87. The van der Waals surface area contributed by atoms with Crippen molar-refractivity contribution in [3.63, 3.8) is 0 Å². The maximum absolute atomic E-state index is 12.2. The summed E-state index contributed by atoms with van der Waals surface area (Å²) in [5.41, 5.74) is 4.21. The first-order chi connectivity index (χ1) is 17.1. The molecular formula is C30H39N3O2. The molecule has 3 rings (SSSR count). The summed E-state index contributed by atoms with van der Waals surface area (Å²) in [6.45, 7) is 4.88. The van der Waals surface area contributed by atoms with Crippen LogP contribution in [0.25, 0.3) is 0 Å². The number of carbonyl (C=O) groups is 1. The Kier molecular flexibility index (Phi) is 10.6. The minimum Gasteiger partial charge on any atom is -0.487 e. The van der Waals surface area contributed by atoms with Gasteiger partial charge in [0.2, 0.25) is 0 Å². The summed E-state index contributed by atoms with van der Waals surface area (Å²) in [4.78, 5) is 12.2. The number of carbonyl (C=O) groups excluding carboxylic acids is 1. The third-order valence-corrected chi connectivity index (χ3v) is 6.15. The Morgan fingerprint density at radius 2 is 1.51 bits per heavy atom. The van der Waals surface area contributed by atoms with Gasteiger partial charge in [-0.1, -0.05) is 99.8 Å². The van der Waals surface area contributed by atoms with Gasteiger partial charge in [-0.3, -0.25) is 0 Å². The topological polar surface area (TPSA) is 62.4 Å². The number of nitrogens with one attached hydrogen (secondary N) is 3. The molecule has 2 atom stereocenters. The zero-order valence-corrected chi connectivity index (χ0v) is 21.2. The average Bonchev–Trinajstić information content (AvgIpc) is 2.90. The number of benzene rings is 3. The second-order valence-electron chi connectivity index (χ2n) is 8.85. The number of unbranched alkanes of at least 4 members (excludes halogenated alkanes) is 1. The molecule has 0 saturated carbocycles. The predicted molar refractivity (Wildman–Crippen MR) is 145 cm³/mol. The van der Waals surface area contributed by atoms with Crippen LogP contribution in [0.15, 0.2) is 78.9 Å². The zero-order valence-electron chi connectivity index (χ0n) is 21.2. The van der Waals surface area contributed by atoms with Crippen molar-refractivity contribution in [3.05, 3.63) is 95.6 Å². The molecule has 5 heteroatoms. The van der Waals surface area contributed by atoms with Crippen LogP contribution in [0.1, 0.15) is 74.7 Å². The van der Waals surface area contributed by atoms with Gasteiger partial charge in [-0.25, -0.2) is 4.79 Å². The van der Waals surface area contributed by atoms with E-state index in [4.69, 9.17) is 4.74 Å². The van der Waals surface area contributed by atoms with Gasteiger partial charge in [0.1, 0.15) is 12.4 Å². The van der Waals surface area contributed by atoms with Crippen molar-refractivity contribution in [2.75, 3.05) is 12.4 Å². The van der Waals surface area contributed by atoms with E-state index in [1.807, 2.05) is 36.4 Å². The summed E-state index contributed by atoms with van der Waals surface area (Å²) in [6.07, 6.45) is 5.43. The number of hydrogen-bond donors (Lipinski definition) is 3. The first-order valence-corrected chi connectivity index (χ1v) is 12.7. The Labute approximate surface area is 210 Å². The molecule has 0 heterocycles. The summed E-state index contributed by atoms with van der Waals surface area (Å²) >= 11 is 0. The van der Waals surface area contributed by atoms with E-state index in [1.165, 1.54) is 5.56 Å². The number of rotatable bonds is 13. The SMILES string of the molecule is CCCCC(NC(CCC)c1ccccc1)c1ccc(OCc2ccccc2)c(NC(=O)NC)c1. The molecule has 0 bridgehead atoms. The second-order valence-corrected chi connectivity index (χ2v) is 8.85. The molecule has 0 spiro atoms. The molecule has 0 saturated heterocycles. The van der Waals surface area contributed by atoms with E-state index in [1.54, 1.807) is 7.05 Å². The fourth-order valence-electron chi connectivity index (χ4n) is 4.23. The molecule has 0 aromatic heterocycles. The van der Waals surface area contributed by atoms with Gasteiger partial charge < -0.3 is 20.7 Å². The van der Waals surface area contributed by atoms with Crippen LogP contribution in [0.2, 0.25) is 0 Å². The van der Waals surface area contributed by atoms with Crippen LogP contribution in [0.4, 0.5) is 10.5 Å². The maximum Gasteiger partial charge on any atom is 0.319 e. The van der Waals surface area contributed by atoms with Crippen LogP contribution >= 0.6 is 0 Å². The molecule has 2 unspecified atom stereocenters. The van der Waals surface area contributed by atoms with Crippen molar-refractivity contribution in [1.82, 2.24) is 10.6 Å². The van der Waals surface area contributed by atoms with Gasteiger partial charge >= 0.3 is 6.03 Å². The standard InChI is InChI=1S/C30H39N3O2/c1-4-6-18-27(32-26(13-5-2)24-16-11-8-12-17-24)25-19-20-29(28(21-25)33-30(34)31-3)35-22-23-14-9-7-10-15-23/h7-12,14-17,19-21,26-27,32H,4-6,13,18,22H2,1-3H3,(H2,31,33,34). The molecule has 0 aliphatic heterocycles. The van der Waals surface area contributed by atoms with Crippen LogP contribution in [0, 0.1) is 0 Å². The van der Waals surface area contributed by atoms with Crippen molar-refractivity contribution in [1.29, 1.82) is 0 Å².